The first-order chi connectivity index (χ1) is 13.0. The van der Waals surface area contributed by atoms with E-state index in [1.807, 2.05) is 45.9 Å². The molecular formula is C19H23N5O3. The number of nitrogens with zero attached hydrogens (tertiary/aromatic N) is 4. The third kappa shape index (κ3) is 3.99. The van der Waals surface area contributed by atoms with Crippen molar-refractivity contribution in [1.29, 1.82) is 0 Å². The van der Waals surface area contributed by atoms with Crippen LogP contribution in [0.4, 0.5) is 0 Å². The Morgan fingerprint density at radius 2 is 1.93 bits per heavy atom. The summed E-state index contributed by atoms with van der Waals surface area (Å²) in [5, 5.41) is 7.14. The average molecular weight is 369 g/mol. The molecule has 2 heterocycles. The minimum absolute atomic E-state index is 0.0830. The fourth-order valence-electron chi connectivity index (χ4n) is 2.68. The highest BCUT2D eigenvalue weighted by molar-refractivity contribution is 5.91. The summed E-state index contributed by atoms with van der Waals surface area (Å²) in [7, 11) is 0. The van der Waals surface area contributed by atoms with E-state index in [0.717, 1.165) is 11.3 Å². The number of aryl methyl sites for hydroxylation is 1. The van der Waals surface area contributed by atoms with Crippen LogP contribution < -0.4 is 14.8 Å². The smallest absolute Gasteiger partial charge is 0.291 e. The number of benzene rings is 1. The van der Waals surface area contributed by atoms with Crippen LogP contribution in [-0.2, 0) is 0 Å². The third-order valence-electron chi connectivity index (χ3n) is 4.05. The van der Waals surface area contributed by atoms with Gasteiger partial charge < -0.3 is 14.8 Å². The van der Waals surface area contributed by atoms with Crippen molar-refractivity contribution in [3.8, 4) is 11.5 Å². The van der Waals surface area contributed by atoms with E-state index in [1.165, 1.54) is 0 Å². The normalized spacial score (nSPS) is 12.0. The maximum atomic E-state index is 12.6. The first kappa shape index (κ1) is 18.6. The highest BCUT2D eigenvalue weighted by Gasteiger charge is 2.18. The lowest BCUT2D eigenvalue weighted by Gasteiger charge is -2.17. The fraction of sp³-hybridized carbons (Fsp3) is 0.368. The van der Waals surface area contributed by atoms with Crippen molar-refractivity contribution in [1.82, 2.24) is 24.9 Å². The molecule has 0 saturated heterocycles. The van der Waals surface area contributed by atoms with Crippen molar-refractivity contribution in [3.05, 3.63) is 47.5 Å². The van der Waals surface area contributed by atoms with Crippen LogP contribution in [0.5, 0.6) is 11.5 Å². The fourth-order valence-corrected chi connectivity index (χ4v) is 2.68. The van der Waals surface area contributed by atoms with Gasteiger partial charge in [0.1, 0.15) is 0 Å². The molecule has 3 aromatic rings. The number of nitrogens with one attached hydrogen (secondary N) is 1. The van der Waals surface area contributed by atoms with Crippen molar-refractivity contribution in [2.24, 2.45) is 0 Å². The van der Waals surface area contributed by atoms with E-state index < -0.39 is 0 Å². The van der Waals surface area contributed by atoms with E-state index in [2.05, 4.69) is 20.4 Å². The number of aromatic nitrogens is 4. The molecule has 2 aromatic heterocycles. The minimum atomic E-state index is -0.362. The summed E-state index contributed by atoms with van der Waals surface area (Å²) in [6.07, 6.45) is 1.64. The zero-order valence-electron chi connectivity index (χ0n) is 15.9. The Morgan fingerprint density at radius 3 is 2.63 bits per heavy atom. The van der Waals surface area contributed by atoms with Crippen LogP contribution in [0, 0.1) is 6.92 Å². The van der Waals surface area contributed by atoms with Gasteiger partial charge in [-0.1, -0.05) is 6.07 Å². The topological polar surface area (TPSA) is 90.6 Å². The van der Waals surface area contributed by atoms with Gasteiger partial charge in [0.15, 0.2) is 11.5 Å². The van der Waals surface area contributed by atoms with Crippen molar-refractivity contribution in [2.75, 3.05) is 13.2 Å². The number of ether oxygens (including phenoxy) is 2. The molecule has 0 aliphatic heterocycles. The number of rotatable bonds is 7. The highest BCUT2D eigenvalue weighted by atomic mass is 16.5. The number of carbonyl (C=O) groups is 1. The SMILES string of the molecule is CCOc1ccc([C@H](C)NC(=O)c2nc3nccc(C)n3n2)cc1OCC. The summed E-state index contributed by atoms with van der Waals surface area (Å²) in [4.78, 5) is 20.9. The largest absolute Gasteiger partial charge is 0.490 e. The summed E-state index contributed by atoms with van der Waals surface area (Å²) in [5.41, 5.74) is 1.75. The second-order valence-corrected chi connectivity index (χ2v) is 6.00. The van der Waals surface area contributed by atoms with E-state index in [0.29, 0.717) is 30.5 Å². The van der Waals surface area contributed by atoms with E-state index in [4.69, 9.17) is 9.47 Å². The van der Waals surface area contributed by atoms with Crippen LogP contribution in [-0.4, -0.2) is 38.7 Å². The number of hydrogen-bond acceptors (Lipinski definition) is 6. The van der Waals surface area contributed by atoms with Gasteiger partial charge in [0.05, 0.1) is 19.3 Å². The molecule has 1 aromatic carbocycles. The highest BCUT2D eigenvalue weighted by Crippen LogP contribution is 2.30. The molecule has 142 valence electrons. The summed E-state index contributed by atoms with van der Waals surface area (Å²) in [5.74, 6) is 1.46. The van der Waals surface area contributed by atoms with Crippen molar-refractivity contribution < 1.29 is 14.3 Å². The molecule has 1 N–H and O–H groups in total. The van der Waals surface area contributed by atoms with Gasteiger partial charge >= 0.3 is 0 Å². The summed E-state index contributed by atoms with van der Waals surface area (Å²) in [6.45, 7) is 8.69. The number of amides is 1. The number of carbonyl (C=O) groups excluding carboxylic acids is 1. The number of hydrogen-bond donors (Lipinski definition) is 1. The van der Waals surface area contributed by atoms with Crippen molar-refractivity contribution in [3.63, 3.8) is 0 Å². The lowest BCUT2D eigenvalue weighted by molar-refractivity contribution is 0.0929. The van der Waals surface area contributed by atoms with Crippen molar-refractivity contribution in [2.45, 2.75) is 33.7 Å². The lowest BCUT2D eigenvalue weighted by atomic mass is 10.1. The Hall–Kier alpha value is -3.16. The quantitative estimate of drug-likeness (QED) is 0.689. The maximum Gasteiger partial charge on any atom is 0.291 e. The van der Waals surface area contributed by atoms with Gasteiger partial charge in [0.2, 0.25) is 5.82 Å². The Labute approximate surface area is 157 Å². The van der Waals surface area contributed by atoms with Gasteiger partial charge in [0.25, 0.3) is 11.7 Å². The molecule has 0 saturated carbocycles. The zero-order valence-corrected chi connectivity index (χ0v) is 15.9. The second kappa shape index (κ2) is 8.03. The molecule has 0 fully saturated rings. The molecule has 3 rings (SSSR count). The van der Waals surface area contributed by atoms with Crippen LogP contribution >= 0.6 is 0 Å². The summed E-state index contributed by atoms with van der Waals surface area (Å²) in [6, 6.07) is 7.18. The molecular weight excluding hydrogens is 346 g/mol. The average Bonchev–Trinajstić information content (AvgIpc) is 3.09. The molecule has 1 amide bonds. The Balaban J connectivity index is 1.79. The third-order valence-corrected chi connectivity index (χ3v) is 4.05. The van der Waals surface area contributed by atoms with Gasteiger partial charge in [0, 0.05) is 11.9 Å². The molecule has 8 heteroatoms. The molecule has 0 radical (unpaired) electrons. The maximum absolute atomic E-state index is 12.6. The second-order valence-electron chi connectivity index (χ2n) is 6.00. The van der Waals surface area contributed by atoms with Gasteiger partial charge in [-0.15, -0.1) is 5.10 Å². The van der Waals surface area contributed by atoms with Crippen LogP contribution in [0.15, 0.2) is 30.5 Å². The van der Waals surface area contributed by atoms with Gasteiger partial charge in [-0.3, -0.25) is 4.79 Å². The van der Waals surface area contributed by atoms with Crippen LogP contribution in [0.3, 0.4) is 0 Å². The first-order valence-electron chi connectivity index (χ1n) is 8.92. The number of fused-ring (bicyclic) bond motifs is 1. The van der Waals surface area contributed by atoms with E-state index >= 15 is 0 Å². The summed E-state index contributed by atoms with van der Waals surface area (Å²) >= 11 is 0. The lowest BCUT2D eigenvalue weighted by Crippen LogP contribution is -2.27. The Kier molecular flexibility index (Phi) is 5.54. The van der Waals surface area contributed by atoms with E-state index in [-0.39, 0.29) is 17.8 Å². The molecule has 8 nitrogen and oxygen atoms in total. The molecule has 0 aliphatic rings. The summed E-state index contributed by atoms with van der Waals surface area (Å²) < 4.78 is 12.8. The van der Waals surface area contributed by atoms with Crippen LogP contribution in [0.2, 0.25) is 0 Å². The van der Waals surface area contributed by atoms with E-state index in [1.54, 1.807) is 16.8 Å². The van der Waals surface area contributed by atoms with Gasteiger partial charge in [-0.05, 0) is 51.5 Å². The van der Waals surface area contributed by atoms with E-state index in [9.17, 15) is 4.79 Å². The van der Waals surface area contributed by atoms with Crippen molar-refractivity contribution >= 4 is 11.7 Å². The molecule has 27 heavy (non-hydrogen) atoms. The monoisotopic (exact) mass is 369 g/mol. The predicted octanol–water partition coefficient (Wildman–Crippen LogP) is 2.72. The van der Waals surface area contributed by atoms with Gasteiger partial charge in [-0.25, -0.2) is 9.50 Å². The molecule has 0 unspecified atom stereocenters. The molecule has 1 atom stereocenters. The molecule has 0 bridgehead atoms. The minimum Gasteiger partial charge on any atom is -0.490 e. The van der Waals surface area contributed by atoms with Crippen LogP contribution in [0.1, 0.15) is 48.7 Å². The van der Waals surface area contributed by atoms with Gasteiger partial charge in [-0.2, -0.15) is 4.98 Å². The Morgan fingerprint density at radius 1 is 1.19 bits per heavy atom. The first-order valence-corrected chi connectivity index (χ1v) is 8.92. The standard InChI is InChI=1S/C19H23N5O3/c1-5-26-15-8-7-14(11-16(15)27-6-2)13(4)21-18(25)17-22-19-20-10-9-12(3)24(19)23-17/h7-11,13H,5-6H2,1-4H3,(H,21,25)/t13-/m0/s1. The molecule has 0 aliphatic carbocycles. The van der Waals surface area contributed by atoms with Crippen LogP contribution in [0.25, 0.3) is 5.78 Å². The molecule has 0 spiro atoms. The Bertz CT molecular complexity index is 954. The zero-order chi connectivity index (χ0) is 19.4. The predicted molar refractivity (Wildman–Crippen MR) is 100 cm³/mol.